The third-order valence-corrected chi connectivity index (χ3v) is 8.65. The minimum atomic E-state index is -0.990. The molecule has 10 nitrogen and oxygen atoms in total. The number of alkyl carbamates (subject to hydrolysis) is 1. The molecule has 10 heteroatoms. The lowest BCUT2D eigenvalue weighted by molar-refractivity contribution is -0.144. The minimum absolute atomic E-state index is 0.0358. The Morgan fingerprint density at radius 2 is 1.75 bits per heavy atom. The number of hydrogen-bond acceptors (Lipinski definition) is 6. The van der Waals surface area contributed by atoms with E-state index in [4.69, 9.17) is 4.74 Å². The first-order chi connectivity index (χ1) is 18.7. The van der Waals surface area contributed by atoms with Gasteiger partial charge < -0.3 is 25.6 Å². The van der Waals surface area contributed by atoms with E-state index >= 15 is 0 Å². The number of amides is 4. The fraction of sp³-hybridized carbons (Fsp3) is 0.767. The molecule has 4 amide bonds. The number of carbonyl (C=O) groups excluding carboxylic acids is 5. The molecule has 1 unspecified atom stereocenters. The van der Waals surface area contributed by atoms with Gasteiger partial charge in [0.2, 0.25) is 17.6 Å². The van der Waals surface area contributed by atoms with Crippen LogP contribution < -0.4 is 16.0 Å². The summed E-state index contributed by atoms with van der Waals surface area (Å²) in [5.41, 5.74) is -0.351. The summed E-state index contributed by atoms with van der Waals surface area (Å²) in [6.07, 6.45) is 5.30. The third-order valence-electron chi connectivity index (χ3n) is 8.65. The molecule has 3 N–H and O–H groups in total. The molecule has 1 heterocycles. The number of carbonyl (C=O) groups is 5. The molecule has 0 spiro atoms. The number of Topliss-reactive ketones (excluding diaryl/α,β-unsaturated/α-hetero) is 1. The molecule has 40 heavy (non-hydrogen) atoms. The highest BCUT2D eigenvalue weighted by molar-refractivity contribution is 6.38. The summed E-state index contributed by atoms with van der Waals surface area (Å²) in [5.74, 6) is -2.18. The van der Waals surface area contributed by atoms with E-state index in [0.717, 1.165) is 25.7 Å². The number of rotatable bonds is 12. The fourth-order valence-electron chi connectivity index (χ4n) is 6.34. The van der Waals surface area contributed by atoms with Crippen LogP contribution >= 0.6 is 0 Å². The molecule has 0 aromatic rings. The molecular formula is C30H48N4O6. The first kappa shape index (κ1) is 31.6. The Labute approximate surface area is 238 Å². The van der Waals surface area contributed by atoms with Crippen LogP contribution in [-0.4, -0.2) is 72.3 Å². The molecule has 1 aliphatic heterocycles. The second-order valence-corrected chi connectivity index (χ2v) is 13.4. The number of hydrogen-bond donors (Lipinski definition) is 3. The van der Waals surface area contributed by atoms with Gasteiger partial charge in [-0.25, -0.2) is 4.79 Å². The van der Waals surface area contributed by atoms with Gasteiger partial charge in [0.25, 0.3) is 5.91 Å². The van der Waals surface area contributed by atoms with E-state index in [9.17, 15) is 24.0 Å². The predicted octanol–water partition coefficient (Wildman–Crippen LogP) is 2.96. The van der Waals surface area contributed by atoms with Crippen LogP contribution in [0.1, 0.15) is 80.1 Å². The van der Waals surface area contributed by atoms with Crippen LogP contribution in [-0.2, 0) is 23.9 Å². The summed E-state index contributed by atoms with van der Waals surface area (Å²) in [4.78, 5) is 67.4. The summed E-state index contributed by atoms with van der Waals surface area (Å²) in [6, 6.07) is -2.56. The Morgan fingerprint density at radius 3 is 2.33 bits per heavy atom. The SMILES string of the molecule is C=CCNC(=O)C(=O)C(CCC)NC(=O)[C@@H]1[C@H]2[C@@H](CN1C(=O)[C@@H](NC(=O)OCC(C)(C)C)C1CCCC1)C2(C)C. The van der Waals surface area contributed by atoms with Gasteiger partial charge in [0.15, 0.2) is 0 Å². The number of piperidine rings is 1. The largest absolute Gasteiger partial charge is 0.449 e. The zero-order valence-electron chi connectivity index (χ0n) is 25.0. The van der Waals surface area contributed by atoms with Gasteiger partial charge >= 0.3 is 6.09 Å². The quantitative estimate of drug-likeness (QED) is 0.248. The Morgan fingerprint density at radius 1 is 1.10 bits per heavy atom. The van der Waals surface area contributed by atoms with Gasteiger partial charge in [-0.05, 0) is 47.8 Å². The average molecular weight is 561 g/mol. The molecule has 0 bridgehead atoms. The molecule has 2 saturated carbocycles. The van der Waals surface area contributed by atoms with Crippen molar-refractivity contribution >= 4 is 29.6 Å². The third kappa shape index (κ3) is 7.23. The van der Waals surface area contributed by atoms with Crippen LogP contribution in [0.15, 0.2) is 12.7 Å². The topological polar surface area (TPSA) is 134 Å². The summed E-state index contributed by atoms with van der Waals surface area (Å²) >= 11 is 0. The zero-order valence-corrected chi connectivity index (χ0v) is 25.0. The highest BCUT2D eigenvalue weighted by Crippen LogP contribution is 2.65. The number of ether oxygens (including phenoxy) is 1. The van der Waals surface area contributed by atoms with E-state index in [0.29, 0.717) is 19.4 Å². The van der Waals surface area contributed by atoms with Crippen molar-refractivity contribution in [1.82, 2.24) is 20.9 Å². The highest BCUT2D eigenvalue weighted by atomic mass is 16.5. The van der Waals surface area contributed by atoms with E-state index in [1.54, 1.807) is 4.90 Å². The Bertz CT molecular complexity index is 997. The maximum Gasteiger partial charge on any atom is 0.407 e. The van der Waals surface area contributed by atoms with Crippen LogP contribution in [0.3, 0.4) is 0 Å². The second kappa shape index (κ2) is 12.7. The number of fused-ring (bicyclic) bond motifs is 1. The van der Waals surface area contributed by atoms with Crippen molar-refractivity contribution in [2.75, 3.05) is 19.7 Å². The lowest BCUT2D eigenvalue weighted by Gasteiger charge is -2.35. The molecule has 0 radical (unpaired) electrons. The van der Waals surface area contributed by atoms with E-state index in [-0.39, 0.29) is 47.6 Å². The van der Waals surface area contributed by atoms with Gasteiger partial charge in [-0.1, -0.05) is 66.9 Å². The first-order valence-electron chi connectivity index (χ1n) is 14.7. The molecule has 224 valence electrons. The maximum atomic E-state index is 14.1. The van der Waals surface area contributed by atoms with Crippen molar-refractivity contribution < 1.29 is 28.7 Å². The van der Waals surface area contributed by atoms with Gasteiger partial charge in [-0.3, -0.25) is 19.2 Å². The van der Waals surface area contributed by atoms with Crippen molar-refractivity contribution in [1.29, 1.82) is 0 Å². The van der Waals surface area contributed by atoms with Gasteiger partial charge in [0.1, 0.15) is 12.1 Å². The smallest absolute Gasteiger partial charge is 0.407 e. The van der Waals surface area contributed by atoms with Gasteiger partial charge in [0.05, 0.1) is 12.6 Å². The van der Waals surface area contributed by atoms with Crippen LogP contribution in [0, 0.1) is 28.6 Å². The summed E-state index contributed by atoms with van der Waals surface area (Å²) < 4.78 is 5.42. The predicted molar refractivity (Wildman–Crippen MR) is 151 cm³/mol. The van der Waals surface area contributed by atoms with Crippen molar-refractivity contribution in [2.45, 2.75) is 98.2 Å². The van der Waals surface area contributed by atoms with E-state index in [1.807, 2.05) is 27.7 Å². The van der Waals surface area contributed by atoms with Crippen LogP contribution in [0.25, 0.3) is 0 Å². The summed E-state index contributed by atoms with van der Waals surface area (Å²) in [7, 11) is 0. The molecule has 5 atom stereocenters. The Kier molecular flexibility index (Phi) is 10.1. The van der Waals surface area contributed by atoms with Crippen molar-refractivity contribution in [3.8, 4) is 0 Å². The van der Waals surface area contributed by atoms with Crippen LogP contribution in [0.2, 0.25) is 0 Å². The maximum absolute atomic E-state index is 14.1. The van der Waals surface area contributed by atoms with Gasteiger partial charge in [-0.2, -0.15) is 0 Å². The number of ketones is 1. The molecule has 1 saturated heterocycles. The second-order valence-electron chi connectivity index (χ2n) is 13.4. The fourth-order valence-corrected chi connectivity index (χ4v) is 6.34. The highest BCUT2D eigenvalue weighted by Gasteiger charge is 2.69. The number of nitrogens with zero attached hydrogens (tertiary/aromatic N) is 1. The molecule has 0 aromatic carbocycles. The Balaban J connectivity index is 1.80. The molecule has 2 aliphatic carbocycles. The van der Waals surface area contributed by atoms with Crippen molar-refractivity contribution in [3.63, 3.8) is 0 Å². The molecular weight excluding hydrogens is 512 g/mol. The monoisotopic (exact) mass is 560 g/mol. The van der Waals surface area contributed by atoms with E-state index in [1.165, 1.54) is 6.08 Å². The first-order valence-corrected chi connectivity index (χ1v) is 14.7. The van der Waals surface area contributed by atoms with E-state index in [2.05, 4.69) is 36.4 Å². The molecule has 3 rings (SSSR count). The van der Waals surface area contributed by atoms with Crippen molar-refractivity contribution in [2.24, 2.45) is 28.6 Å². The average Bonchev–Trinajstić information content (AvgIpc) is 3.34. The zero-order chi connectivity index (χ0) is 29.8. The lowest BCUT2D eigenvalue weighted by Crippen LogP contribution is -2.59. The standard InChI is InChI=1S/C30H48N4O6/c1-8-12-20(24(35)26(37)31-15-9-2)32-25(36)23-21-19(30(21,6)7)16-34(23)27(38)22(18-13-10-11-14-18)33-28(39)40-17-29(3,4)5/h9,18-23H,2,8,10-17H2,1,3-7H3,(H,31,37)(H,32,36)(H,33,39)/t19-,20?,21-,22+,23+/m1/s1. The van der Waals surface area contributed by atoms with Crippen LogP contribution in [0.4, 0.5) is 4.79 Å². The van der Waals surface area contributed by atoms with Gasteiger partial charge in [0, 0.05) is 13.1 Å². The molecule has 0 aromatic heterocycles. The number of nitrogens with one attached hydrogen (secondary N) is 3. The molecule has 3 fully saturated rings. The lowest BCUT2D eigenvalue weighted by atomic mass is 9.94. The molecule has 3 aliphatic rings. The Hall–Kier alpha value is -2.91. The van der Waals surface area contributed by atoms with Crippen LogP contribution in [0.5, 0.6) is 0 Å². The van der Waals surface area contributed by atoms with Crippen molar-refractivity contribution in [3.05, 3.63) is 12.7 Å². The number of likely N-dealkylation sites (tertiary alicyclic amines) is 1. The summed E-state index contributed by atoms with van der Waals surface area (Å²) in [6.45, 7) is 16.2. The van der Waals surface area contributed by atoms with E-state index < -0.39 is 41.8 Å². The minimum Gasteiger partial charge on any atom is -0.449 e. The normalized spacial score (nSPS) is 24.9. The van der Waals surface area contributed by atoms with Gasteiger partial charge in [-0.15, -0.1) is 6.58 Å². The summed E-state index contributed by atoms with van der Waals surface area (Å²) in [5, 5.41) is 8.11.